The van der Waals surface area contributed by atoms with Gasteiger partial charge < -0.3 is 4.90 Å². The molecule has 1 saturated heterocycles. The standard InChI is InChI=1S/C21H17F2N5/c22-16-4-1-3-14(11-16)17-5-2-10-27(17)21-7-6-20-25-13-18(28(20)26-21)15-8-9-24-19(23)12-15/h1,3-4,6-9,11-13,17H,2,5,10H2. The molecule has 4 aromatic rings. The van der Waals surface area contributed by atoms with Crippen LogP contribution in [0.3, 0.4) is 0 Å². The number of benzene rings is 1. The summed E-state index contributed by atoms with van der Waals surface area (Å²) >= 11 is 0. The van der Waals surface area contributed by atoms with Gasteiger partial charge in [-0.3, -0.25) is 0 Å². The van der Waals surface area contributed by atoms with Gasteiger partial charge in [-0.2, -0.15) is 4.39 Å². The lowest BCUT2D eigenvalue weighted by Crippen LogP contribution is -2.24. The number of anilines is 1. The van der Waals surface area contributed by atoms with E-state index in [4.69, 9.17) is 5.10 Å². The molecule has 0 N–H and O–H groups in total. The molecule has 0 aliphatic carbocycles. The Labute approximate surface area is 160 Å². The summed E-state index contributed by atoms with van der Waals surface area (Å²) in [6.45, 7) is 0.841. The molecule has 1 aliphatic rings. The highest BCUT2D eigenvalue weighted by Crippen LogP contribution is 2.35. The summed E-state index contributed by atoms with van der Waals surface area (Å²) in [6.07, 6.45) is 5.05. The zero-order valence-corrected chi connectivity index (χ0v) is 15.0. The zero-order chi connectivity index (χ0) is 19.1. The molecule has 1 aliphatic heterocycles. The zero-order valence-electron chi connectivity index (χ0n) is 15.0. The highest BCUT2D eigenvalue weighted by molar-refractivity contribution is 5.63. The predicted molar refractivity (Wildman–Crippen MR) is 102 cm³/mol. The Morgan fingerprint density at radius 2 is 1.93 bits per heavy atom. The van der Waals surface area contributed by atoms with Gasteiger partial charge >= 0.3 is 0 Å². The molecule has 5 rings (SSSR count). The molecule has 140 valence electrons. The molecule has 1 unspecified atom stereocenters. The maximum absolute atomic E-state index is 13.7. The maximum Gasteiger partial charge on any atom is 0.213 e. The molecule has 0 bridgehead atoms. The van der Waals surface area contributed by atoms with Gasteiger partial charge in [0.1, 0.15) is 11.6 Å². The second-order valence-electron chi connectivity index (χ2n) is 6.88. The largest absolute Gasteiger partial charge is 0.348 e. The Bertz CT molecular complexity index is 1160. The van der Waals surface area contributed by atoms with E-state index in [2.05, 4.69) is 14.9 Å². The van der Waals surface area contributed by atoms with Crippen LogP contribution in [0.25, 0.3) is 16.9 Å². The van der Waals surface area contributed by atoms with Crippen LogP contribution in [-0.2, 0) is 0 Å². The Hall–Kier alpha value is -3.35. The SMILES string of the molecule is Fc1cccc(C2CCCN2c2ccc3ncc(-c4ccnc(F)c4)n3n2)c1. The van der Waals surface area contributed by atoms with Gasteiger partial charge in [-0.1, -0.05) is 12.1 Å². The smallest absolute Gasteiger partial charge is 0.213 e. The second-order valence-corrected chi connectivity index (χ2v) is 6.88. The Morgan fingerprint density at radius 1 is 1.00 bits per heavy atom. The number of hydrogen-bond acceptors (Lipinski definition) is 4. The summed E-state index contributed by atoms with van der Waals surface area (Å²) in [7, 11) is 0. The summed E-state index contributed by atoms with van der Waals surface area (Å²) in [5.74, 6) is 0.00623. The molecule has 5 nitrogen and oxygen atoms in total. The molecule has 4 heterocycles. The first-order chi connectivity index (χ1) is 13.7. The van der Waals surface area contributed by atoms with Crippen LogP contribution in [0.2, 0.25) is 0 Å². The van der Waals surface area contributed by atoms with Gasteiger partial charge in [0.25, 0.3) is 0 Å². The average molecular weight is 377 g/mol. The van der Waals surface area contributed by atoms with Crippen molar-refractivity contribution in [3.63, 3.8) is 0 Å². The molecule has 0 radical (unpaired) electrons. The normalized spacial score (nSPS) is 16.8. The summed E-state index contributed by atoms with van der Waals surface area (Å²) in [5.41, 5.74) is 2.98. The number of halogens is 2. The minimum atomic E-state index is -0.547. The second kappa shape index (κ2) is 6.67. The van der Waals surface area contributed by atoms with Crippen LogP contribution in [0, 0.1) is 11.8 Å². The minimum absolute atomic E-state index is 0.0750. The summed E-state index contributed by atoms with van der Waals surface area (Å²) in [5, 5.41) is 4.76. The molecule has 7 heteroatoms. The van der Waals surface area contributed by atoms with Gasteiger partial charge in [0.2, 0.25) is 5.95 Å². The monoisotopic (exact) mass is 377 g/mol. The van der Waals surface area contributed by atoms with Crippen LogP contribution in [0.15, 0.2) is 60.9 Å². The van der Waals surface area contributed by atoms with Gasteiger partial charge in [0.15, 0.2) is 5.65 Å². The van der Waals surface area contributed by atoms with Gasteiger partial charge in [0, 0.05) is 24.4 Å². The summed E-state index contributed by atoms with van der Waals surface area (Å²) < 4.78 is 29.0. The van der Waals surface area contributed by atoms with Crippen molar-refractivity contribution in [2.45, 2.75) is 18.9 Å². The van der Waals surface area contributed by atoms with Crippen LogP contribution in [0.1, 0.15) is 24.4 Å². The van der Waals surface area contributed by atoms with E-state index >= 15 is 0 Å². The first-order valence-corrected chi connectivity index (χ1v) is 9.18. The minimum Gasteiger partial charge on any atom is -0.348 e. The fourth-order valence-electron chi connectivity index (χ4n) is 3.88. The van der Waals surface area contributed by atoms with E-state index in [0.29, 0.717) is 16.9 Å². The lowest BCUT2D eigenvalue weighted by molar-refractivity contribution is 0.584. The van der Waals surface area contributed by atoms with Crippen molar-refractivity contribution >= 4 is 11.5 Å². The van der Waals surface area contributed by atoms with Crippen molar-refractivity contribution in [1.82, 2.24) is 19.6 Å². The van der Waals surface area contributed by atoms with Crippen molar-refractivity contribution in [1.29, 1.82) is 0 Å². The van der Waals surface area contributed by atoms with Gasteiger partial charge in [-0.25, -0.2) is 18.9 Å². The number of pyridine rings is 1. The van der Waals surface area contributed by atoms with E-state index in [9.17, 15) is 8.78 Å². The number of aromatic nitrogens is 4. The molecule has 0 saturated carbocycles. The maximum atomic E-state index is 13.7. The van der Waals surface area contributed by atoms with E-state index in [1.165, 1.54) is 18.3 Å². The molecule has 1 atom stereocenters. The Morgan fingerprint density at radius 3 is 2.79 bits per heavy atom. The van der Waals surface area contributed by atoms with Gasteiger partial charge in [-0.15, -0.1) is 5.10 Å². The fraction of sp³-hybridized carbons (Fsp3) is 0.190. The molecular weight excluding hydrogens is 360 g/mol. The number of nitrogens with zero attached hydrogens (tertiary/aromatic N) is 5. The summed E-state index contributed by atoms with van der Waals surface area (Å²) in [6, 6.07) is 13.7. The first kappa shape index (κ1) is 16.8. The molecule has 3 aromatic heterocycles. The number of imidazole rings is 1. The molecule has 28 heavy (non-hydrogen) atoms. The quantitative estimate of drug-likeness (QED) is 0.496. The molecule has 0 spiro atoms. The number of hydrogen-bond donors (Lipinski definition) is 0. The van der Waals surface area contributed by atoms with Crippen LogP contribution in [-0.4, -0.2) is 26.1 Å². The van der Waals surface area contributed by atoms with E-state index in [0.717, 1.165) is 30.8 Å². The molecular formula is C21H17F2N5. The van der Waals surface area contributed by atoms with E-state index in [-0.39, 0.29) is 11.9 Å². The summed E-state index contributed by atoms with van der Waals surface area (Å²) in [4.78, 5) is 10.2. The molecule has 0 amide bonds. The average Bonchev–Trinajstić information content (AvgIpc) is 3.34. The van der Waals surface area contributed by atoms with Crippen LogP contribution in [0.4, 0.5) is 14.6 Å². The van der Waals surface area contributed by atoms with Crippen LogP contribution >= 0.6 is 0 Å². The third kappa shape index (κ3) is 2.89. The Balaban J connectivity index is 1.57. The van der Waals surface area contributed by atoms with Crippen molar-refractivity contribution in [3.8, 4) is 11.3 Å². The Kier molecular flexibility index (Phi) is 4.00. The highest BCUT2D eigenvalue weighted by atomic mass is 19.1. The molecule has 1 fully saturated rings. The third-order valence-corrected chi connectivity index (χ3v) is 5.15. The topological polar surface area (TPSA) is 46.3 Å². The number of rotatable bonds is 3. The van der Waals surface area contributed by atoms with Crippen LogP contribution in [0.5, 0.6) is 0 Å². The van der Waals surface area contributed by atoms with Crippen molar-refractivity contribution in [2.75, 3.05) is 11.4 Å². The van der Waals surface area contributed by atoms with Crippen molar-refractivity contribution in [2.24, 2.45) is 0 Å². The van der Waals surface area contributed by atoms with E-state index in [1.807, 2.05) is 18.2 Å². The first-order valence-electron chi connectivity index (χ1n) is 9.18. The van der Waals surface area contributed by atoms with E-state index in [1.54, 1.807) is 28.9 Å². The number of fused-ring (bicyclic) bond motifs is 1. The van der Waals surface area contributed by atoms with E-state index < -0.39 is 5.95 Å². The molecule has 1 aromatic carbocycles. The lowest BCUT2D eigenvalue weighted by atomic mass is 10.0. The predicted octanol–water partition coefficient (Wildman–Crippen LogP) is 4.41. The van der Waals surface area contributed by atoms with Crippen molar-refractivity contribution < 1.29 is 8.78 Å². The van der Waals surface area contributed by atoms with Crippen molar-refractivity contribution in [3.05, 3.63) is 78.3 Å². The third-order valence-electron chi connectivity index (χ3n) is 5.15. The lowest BCUT2D eigenvalue weighted by Gasteiger charge is -2.26. The van der Waals surface area contributed by atoms with Gasteiger partial charge in [-0.05, 0) is 48.7 Å². The fourth-order valence-corrected chi connectivity index (χ4v) is 3.88. The highest BCUT2D eigenvalue weighted by Gasteiger charge is 2.28. The van der Waals surface area contributed by atoms with Gasteiger partial charge in [0.05, 0.1) is 17.9 Å². The van der Waals surface area contributed by atoms with Crippen LogP contribution < -0.4 is 4.90 Å².